The molecule has 0 aromatic rings. The fraction of sp³-hybridized carbons (Fsp3) is 0.875. The van der Waals surface area contributed by atoms with Gasteiger partial charge in [-0.05, 0) is 44.1 Å². The summed E-state index contributed by atoms with van der Waals surface area (Å²) in [5.74, 6) is -0.564. The van der Waals surface area contributed by atoms with Crippen LogP contribution in [0.2, 0.25) is 0 Å². The highest BCUT2D eigenvalue weighted by Crippen LogP contribution is 2.46. The second-order valence-corrected chi connectivity index (χ2v) is 6.90. The summed E-state index contributed by atoms with van der Waals surface area (Å²) in [5.41, 5.74) is 0.492. The molecule has 0 aromatic carbocycles. The Balaban J connectivity index is 1.54. The smallest absolute Gasteiger partial charge is 0.312 e. The molecule has 0 atom stereocenters. The van der Waals surface area contributed by atoms with E-state index in [1.807, 2.05) is 0 Å². The molecule has 2 aliphatic heterocycles. The molecule has 2 saturated heterocycles. The van der Waals surface area contributed by atoms with Crippen molar-refractivity contribution < 1.29 is 9.59 Å². The largest absolute Gasteiger partial charge is 0.334 e. The molecule has 5 heteroatoms. The number of nitrogens with one attached hydrogen (secondary N) is 1. The van der Waals surface area contributed by atoms with Crippen LogP contribution in [0.25, 0.3) is 0 Å². The molecule has 2 amide bonds. The molecule has 3 rings (SSSR count). The van der Waals surface area contributed by atoms with Gasteiger partial charge in [-0.25, -0.2) is 0 Å². The number of hydrogen-bond acceptors (Lipinski definition) is 3. The number of amides is 2. The predicted molar refractivity (Wildman–Crippen MR) is 80.8 cm³/mol. The SMILES string of the molecule is O=C(C(=O)N1CCC2(CCCC2)CC1)N1CCCNCC1. The van der Waals surface area contributed by atoms with Gasteiger partial charge in [0, 0.05) is 32.7 Å². The summed E-state index contributed by atoms with van der Waals surface area (Å²) in [4.78, 5) is 28.3. The van der Waals surface area contributed by atoms with E-state index >= 15 is 0 Å². The van der Waals surface area contributed by atoms with Gasteiger partial charge in [-0.1, -0.05) is 12.8 Å². The van der Waals surface area contributed by atoms with Gasteiger partial charge in [-0.2, -0.15) is 0 Å². The van der Waals surface area contributed by atoms with Crippen LogP contribution in [0.4, 0.5) is 0 Å². The maximum atomic E-state index is 12.4. The van der Waals surface area contributed by atoms with Crippen LogP contribution in [0.3, 0.4) is 0 Å². The Morgan fingerprint density at radius 1 is 0.714 bits per heavy atom. The van der Waals surface area contributed by atoms with Crippen LogP contribution in [0.5, 0.6) is 0 Å². The highest BCUT2D eigenvalue weighted by molar-refractivity contribution is 6.34. The Labute approximate surface area is 127 Å². The van der Waals surface area contributed by atoms with Crippen molar-refractivity contribution >= 4 is 11.8 Å². The molecule has 0 bridgehead atoms. The summed E-state index contributed by atoms with van der Waals surface area (Å²) in [6.45, 7) is 4.64. The molecule has 2 heterocycles. The van der Waals surface area contributed by atoms with Gasteiger partial charge in [-0.3, -0.25) is 9.59 Å². The zero-order valence-corrected chi connectivity index (χ0v) is 12.9. The molecule has 118 valence electrons. The number of hydrogen-bond donors (Lipinski definition) is 1. The molecule has 3 fully saturated rings. The third-order valence-electron chi connectivity index (χ3n) is 5.59. The Hall–Kier alpha value is -1.10. The van der Waals surface area contributed by atoms with Crippen LogP contribution in [0.1, 0.15) is 44.9 Å². The quantitative estimate of drug-likeness (QED) is 0.678. The number of nitrogens with zero attached hydrogens (tertiary/aromatic N) is 2. The first-order chi connectivity index (χ1) is 10.2. The number of likely N-dealkylation sites (tertiary alicyclic amines) is 1. The van der Waals surface area contributed by atoms with Gasteiger partial charge in [-0.15, -0.1) is 0 Å². The van der Waals surface area contributed by atoms with Crippen LogP contribution in [-0.2, 0) is 9.59 Å². The maximum Gasteiger partial charge on any atom is 0.312 e. The molecule has 1 N–H and O–H groups in total. The lowest BCUT2D eigenvalue weighted by Crippen LogP contribution is -2.50. The second kappa shape index (κ2) is 6.34. The van der Waals surface area contributed by atoms with E-state index in [2.05, 4.69) is 5.32 Å². The van der Waals surface area contributed by atoms with Gasteiger partial charge in [0.1, 0.15) is 0 Å². The lowest BCUT2D eigenvalue weighted by atomic mass is 9.77. The molecular weight excluding hydrogens is 266 g/mol. The van der Waals surface area contributed by atoms with Crippen molar-refractivity contribution in [3.63, 3.8) is 0 Å². The second-order valence-electron chi connectivity index (χ2n) is 6.90. The van der Waals surface area contributed by atoms with E-state index < -0.39 is 0 Å². The summed E-state index contributed by atoms with van der Waals surface area (Å²) in [5, 5.41) is 3.26. The number of piperidine rings is 1. The Bertz CT molecular complexity index is 386. The normalized spacial score (nSPS) is 25.9. The van der Waals surface area contributed by atoms with Gasteiger partial charge in [0.15, 0.2) is 0 Å². The average Bonchev–Trinajstić information content (AvgIpc) is 2.79. The van der Waals surface area contributed by atoms with Crippen molar-refractivity contribution in [2.24, 2.45) is 5.41 Å². The summed E-state index contributed by atoms with van der Waals surface area (Å²) in [6, 6.07) is 0. The monoisotopic (exact) mass is 293 g/mol. The molecule has 1 spiro atoms. The van der Waals surface area contributed by atoms with Crippen LogP contribution in [0.15, 0.2) is 0 Å². The van der Waals surface area contributed by atoms with E-state index in [0.717, 1.165) is 45.4 Å². The molecule has 0 unspecified atom stereocenters. The molecule has 5 nitrogen and oxygen atoms in total. The standard InChI is InChI=1S/C16H27N3O2/c20-14(18-10-3-8-17-9-13-18)15(21)19-11-6-16(7-12-19)4-1-2-5-16/h17H,1-13H2. The molecule has 0 radical (unpaired) electrons. The first-order valence-electron chi connectivity index (χ1n) is 8.49. The maximum absolute atomic E-state index is 12.4. The molecule has 3 aliphatic rings. The highest BCUT2D eigenvalue weighted by Gasteiger charge is 2.39. The van der Waals surface area contributed by atoms with Crippen LogP contribution in [-0.4, -0.2) is 60.9 Å². The van der Waals surface area contributed by atoms with E-state index in [4.69, 9.17) is 0 Å². The lowest BCUT2D eigenvalue weighted by Gasteiger charge is -2.39. The number of carbonyl (C=O) groups excluding carboxylic acids is 2. The van der Waals surface area contributed by atoms with Crippen molar-refractivity contribution in [1.82, 2.24) is 15.1 Å². The first-order valence-corrected chi connectivity index (χ1v) is 8.49. The summed E-state index contributed by atoms with van der Waals surface area (Å²) < 4.78 is 0. The first kappa shape index (κ1) is 14.8. The van der Waals surface area contributed by atoms with Gasteiger partial charge >= 0.3 is 11.8 Å². The number of carbonyl (C=O) groups is 2. The zero-order valence-electron chi connectivity index (χ0n) is 12.9. The average molecular weight is 293 g/mol. The van der Waals surface area contributed by atoms with E-state index in [0.29, 0.717) is 18.5 Å². The minimum absolute atomic E-state index is 0.273. The topological polar surface area (TPSA) is 52.7 Å². The third kappa shape index (κ3) is 3.23. The fourth-order valence-electron chi connectivity index (χ4n) is 4.13. The highest BCUT2D eigenvalue weighted by atomic mass is 16.2. The van der Waals surface area contributed by atoms with E-state index in [-0.39, 0.29) is 11.8 Å². The molecule has 0 aromatic heterocycles. The van der Waals surface area contributed by atoms with Crippen molar-refractivity contribution in [3.8, 4) is 0 Å². The van der Waals surface area contributed by atoms with Crippen molar-refractivity contribution in [1.29, 1.82) is 0 Å². The minimum Gasteiger partial charge on any atom is -0.334 e. The summed E-state index contributed by atoms with van der Waals surface area (Å²) in [7, 11) is 0. The van der Waals surface area contributed by atoms with E-state index in [1.54, 1.807) is 9.80 Å². The Morgan fingerprint density at radius 3 is 2.00 bits per heavy atom. The van der Waals surface area contributed by atoms with Gasteiger partial charge in [0.2, 0.25) is 0 Å². The summed E-state index contributed by atoms with van der Waals surface area (Å²) >= 11 is 0. The van der Waals surface area contributed by atoms with Crippen LogP contribution in [0, 0.1) is 5.41 Å². The lowest BCUT2D eigenvalue weighted by molar-refractivity contribution is -0.153. The van der Waals surface area contributed by atoms with Crippen LogP contribution >= 0.6 is 0 Å². The Kier molecular flexibility index (Phi) is 4.48. The molecular formula is C16H27N3O2. The summed E-state index contributed by atoms with van der Waals surface area (Å²) in [6.07, 6.45) is 8.44. The molecule has 21 heavy (non-hydrogen) atoms. The minimum atomic E-state index is -0.291. The van der Waals surface area contributed by atoms with Crippen molar-refractivity contribution in [2.45, 2.75) is 44.9 Å². The predicted octanol–water partition coefficient (Wildman–Crippen LogP) is 0.991. The van der Waals surface area contributed by atoms with E-state index in [1.165, 1.54) is 25.7 Å². The molecule has 1 aliphatic carbocycles. The van der Waals surface area contributed by atoms with Gasteiger partial charge in [0.05, 0.1) is 0 Å². The number of rotatable bonds is 0. The van der Waals surface area contributed by atoms with Crippen molar-refractivity contribution in [3.05, 3.63) is 0 Å². The van der Waals surface area contributed by atoms with Crippen molar-refractivity contribution in [2.75, 3.05) is 39.3 Å². The van der Waals surface area contributed by atoms with Crippen LogP contribution < -0.4 is 5.32 Å². The van der Waals surface area contributed by atoms with E-state index in [9.17, 15) is 9.59 Å². The fourth-order valence-corrected chi connectivity index (χ4v) is 4.13. The molecule has 1 saturated carbocycles. The van der Waals surface area contributed by atoms with Gasteiger partial charge < -0.3 is 15.1 Å². The van der Waals surface area contributed by atoms with Gasteiger partial charge in [0.25, 0.3) is 0 Å². The zero-order chi connectivity index (χ0) is 14.7. The Morgan fingerprint density at radius 2 is 1.33 bits per heavy atom. The third-order valence-corrected chi connectivity index (χ3v) is 5.59.